The average Bonchev–Trinajstić information content (AvgIpc) is 2.54. The number of amides is 1. The first-order chi connectivity index (χ1) is 10.4. The molecule has 8 heteroatoms. The number of ether oxygens (including phenoxy) is 1. The molecule has 1 aromatic carbocycles. The van der Waals surface area contributed by atoms with E-state index in [1.165, 1.54) is 17.5 Å². The van der Waals surface area contributed by atoms with E-state index in [1.807, 2.05) is 0 Å². The maximum absolute atomic E-state index is 12.7. The van der Waals surface area contributed by atoms with Gasteiger partial charge in [-0.25, -0.2) is 14.3 Å². The molecule has 0 unspecified atom stereocenters. The number of sulfonamides is 1. The SMILES string of the molecule is COc1ccc(S(=O)(=O)N2CCC[C@@H](C(=O)NN)C2)cc1C. The molecule has 1 aromatic rings. The lowest BCUT2D eigenvalue weighted by Gasteiger charge is -2.31. The molecule has 22 heavy (non-hydrogen) atoms. The van der Waals surface area contributed by atoms with Crippen LogP contribution >= 0.6 is 0 Å². The maximum Gasteiger partial charge on any atom is 0.243 e. The topological polar surface area (TPSA) is 102 Å². The van der Waals surface area contributed by atoms with Crippen LogP contribution in [0.4, 0.5) is 0 Å². The van der Waals surface area contributed by atoms with Crippen molar-refractivity contribution in [2.75, 3.05) is 20.2 Å². The van der Waals surface area contributed by atoms with Gasteiger partial charge in [-0.1, -0.05) is 0 Å². The third kappa shape index (κ3) is 3.23. The van der Waals surface area contributed by atoms with Crippen LogP contribution in [0.15, 0.2) is 23.1 Å². The maximum atomic E-state index is 12.7. The fourth-order valence-corrected chi connectivity index (χ4v) is 4.26. The first-order valence-corrected chi connectivity index (χ1v) is 8.49. The third-order valence-corrected chi connectivity index (χ3v) is 5.76. The Labute approximate surface area is 130 Å². The number of carbonyl (C=O) groups is 1. The molecule has 0 aliphatic carbocycles. The number of piperidine rings is 1. The summed E-state index contributed by atoms with van der Waals surface area (Å²) in [4.78, 5) is 11.8. The standard InChI is InChI=1S/C14H21N3O4S/c1-10-8-12(5-6-13(10)21-2)22(19,20)17-7-3-4-11(9-17)14(18)16-15/h5-6,8,11H,3-4,7,9,15H2,1-2H3,(H,16,18)/t11-/m1/s1. The van der Waals surface area contributed by atoms with Gasteiger partial charge in [0, 0.05) is 13.1 Å². The summed E-state index contributed by atoms with van der Waals surface area (Å²) in [6.45, 7) is 2.34. The molecule has 7 nitrogen and oxygen atoms in total. The molecule has 1 saturated heterocycles. The van der Waals surface area contributed by atoms with Crippen LogP contribution in [0.5, 0.6) is 5.75 Å². The fourth-order valence-electron chi connectivity index (χ4n) is 2.65. The molecule has 1 heterocycles. The minimum absolute atomic E-state index is 0.149. The smallest absolute Gasteiger partial charge is 0.243 e. The number of carbonyl (C=O) groups excluding carboxylic acids is 1. The van der Waals surface area contributed by atoms with E-state index in [-0.39, 0.29) is 17.3 Å². The van der Waals surface area contributed by atoms with E-state index < -0.39 is 15.9 Å². The second-order valence-corrected chi connectivity index (χ2v) is 7.28. The van der Waals surface area contributed by atoms with Crippen molar-refractivity contribution >= 4 is 15.9 Å². The van der Waals surface area contributed by atoms with Gasteiger partial charge in [0.05, 0.1) is 17.9 Å². The van der Waals surface area contributed by atoms with Gasteiger partial charge in [-0.05, 0) is 43.5 Å². The zero-order valence-corrected chi connectivity index (χ0v) is 13.5. The van der Waals surface area contributed by atoms with Gasteiger partial charge in [0.15, 0.2) is 0 Å². The van der Waals surface area contributed by atoms with E-state index in [1.54, 1.807) is 19.1 Å². The van der Waals surface area contributed by atoms with Gasteiger partial charge in [0.25, 0.3) is 0 Å². The van der Waals surface area contributed by atoms with Crippen LogP contribution in [0.3, 0.4) is 0 Å². The van der Waals surface area contributed by atoms with E-state index in [0.717, 1.165) is 5.56 Å². The summed E-state index contributed by atoms with van der Waals surface area (Å²) in [7, 11) is -2.09. The monoisotopic (exact) mass is 327 g/mol. The van der Waals surface area contributed by atoms with Gasteiger partial charge in [-0.15, -0.1) is 0 Å². The second-order valence-electron chi connectivity index (χ2n) is 5.34. The Kier molecular flexibility index (Phi) is 5.05. The summed E-state index contributed by atoms with van der Waals surface area (Å²) >= 11 is 0. The number of aryl methyl sites for hydroxylation is 1. The number of methoxy groups -OCH3 is 1. The van der Waals surface area contributed by atoms with Crippen molar-refractivity contribution in [3.63, 3.8) is 0 Å². The van der Waals surface area contributed by atoms with E-state index in [2.05, 4.69) is 5.43 Å². The molecule has 2 rings (SSSR count). The predicted molar refractivity (Wildman–Crippen MR) is 81.5 cm³/mol. The van der Waals surface area contributed by atoms with E-state index in [4.69, 9.17) is 10.6 Å². The van der Waals surface area contributed by atoms with Gasteiger partial charge in [-0.2, -0.15) is 4.31 Å². The van der Waals surface area contributed by atoms with E-state index in [9.17, 15) is 13.2 Å². The van der Waals surface area contributed by atoms with E-state index >= 15 is 0 Å². The molecule has 3 N–H and O–H groups in total. The molecular formula is C14H21N3O4S. The summed E-state index contributed by atoms with van der Waals surface area (Å²) in [5, 5.41) is 0. The zero-order chi connectivity index (χ0) is 16.3. The number of benzene rings is 1. The second kappa shape index (κ2) is 6.64. The normalized spacial score (nSPS) is 19.7. The predicted octanol–water partition coefficient (Wildman–Crippen LogP) is 0.394. The van der Waals surface area contributed by atoms with Crippen LogP contribution in [0.25, 0.3) is 0 Å². The lowest BCUT2D eigenvalue weighted by Crippen LogP contribution is -2.46. The van der Waals surface area contributed by atoms with Crippen molar-refractivity contribution < 1.29 is 17.9 Å². The minimum atomic E-state index is -3.63. The van der Waals surface area contributed by atoms with Gasteiger partial charge in [0.2, 0.25) is 15.9 Å². The molecule has 1 amide bonds. The molecule has 122 valence electrons. The summed E-state index contributed by atoms with van der Waals surface area (Å²) in [5.74, 6) is 5.04. The van der Waals surface area contributed by atoms with Gasteiger partial charge >= 0.3 is 0 Å². The molecule has 0 radical (unpaired) electrons. The van der Waals surface area contributed by atoms with Crippen LogP contribution in [0, 0.1) is 12.8 Å². The molecule has 1 aliphatic rings. The number of nitrogens with zero attached hydrogens (tertiary/aromatic N) is 1. The summed E-state index contributed by atoms with van der Waals surface area (Å²) in [6.07, 6.45) is 1.27. The lowest BCUT2D eigenvalue weighted by molar-refractivity contribution is -0.126. The van der Waals surface area contributed by atoms with Gasteiger partial charge in [-0.3, -0.25) is 10.2 Å². The van der Waals surface area contributed by atoms with Crippen LogP contribution in [-0.2, 0) is 14.8 Å². The number of hydrazine groups is 1. The van der Waals surface area contributed by atoms with Crippen LogP contribution in [-0.4, -0.2) is 38.8 Å². The Morgan fingerprint density at radius 3 is 2.77 bits per heavy atom. The summed E-state index contributed by atoms with van der Waals surface area (Å²) in [6, 6.07) is 4.74. The molecule has 0 saturated carbocycles. The fraction of sp³-hybridized carbons (Fsp3) is 0.500. The van der Waals surface area contributed by atoms with Crippen LogP contribution in [0.2, 0.25) is 0 Å². The summed E-state index contributed by atoms with van der Waals surface area (Å²) < 4.78 is 31.9. The van der Waals surface area contributed by atoms with Crippen LogP contribution < -0.4 is 16.0 Å². The largest absolute Gasteiger partial charge is 0.496 e. The summed E-state index contributed by atoms with van der Waals surface area (Å²) in [5.41, 5.74) is 2.84. The zero-order valence-electron chi connectivity index (χ0n) is 12.7. The van der Waals surface area contributed by atoms with Gasteiger partial charge < -0.3 is 4.74 Å². The molecule has 0 bridgehead atoms. The Balaban J connectivity index is 2.26. The first-order valence-electron chi connectivity index (χ1n) is 7.05. The molecule has 0 aromatic heterocycles. The average molecular weight is 327 g/mol. The number of nitrogens with one attached hydrogen (secondary N) is 1. The highest BCUT2D eigenvalue weighted by molar-refractivity contribution is 7.89. The first kappa shape index (κ1) is 16.7. The van der Waals surface area contributed by atoms with Gasteiger partial charge in [0.1, 0.15) is 5.75 Å². The van der Waals surface area contributed by atoms with Crippen molar-refractivity contribution in [3.05, 3.63) is 23.8 Å². The number of rotatable bonds is 4. The van der Waals surface area contributed by atoms with Crippen molar-refractivity contribution in [2.45, 2.75) is 24.7 Å². The molecule has 1 atom stereocenters. The number of hydrogen-bond donors (Lipinski definition) is 2. The Hall–Kier alpha value is -1.64. The third-order valence-electron chi connectivity index (χ3n) is 3.90. The Bertz CT molecular complexity index is 660. The lowest BCUT2D eigenvalue weighted by atomic mass is 9.99. The minimum Gasteiger partial charge on any atom is -0.496 e. The highest BCUT2D eigenvalue weighted by Crippen LogP contribution is 2.27. The quantitative estimate of drug-likeness (QED) is 0.473. The van der Waals surface area contributed by atoms with Crippen molar-refractivity contribution in [1.29, 1.82) is 0 Å². The van der Waals surface area contributed by atoms with Crippen LogP contribution in [0.1, 0.15) is 18.4 Å². The molecular weight excluding hydrogens is 306 g/mol. The Morgan fingerprint density at radius 1 is 1.45 bits per heavy atom. The number of nitrogens with two attached hydrogens (primary N) is 1. The van der Waals surface area contributed by atoms with Crippen molar-refractivity contribution in [3.8, 4) is 5.75 Å². The van der Waals surface area contributed by atoms with Crippen molar-refractivity contribution in [1.82, 2.24) is 9.73 Å². The molecule has 1 aliphatic heterocycles. The highest BCUT2D eigenvalue weighted by atomic mass is 32.2. The van der Waals surface area contributed by atoms with E-state index in [0.29, 0.717) is 25.1 Å². The molecule has 1 fully saturated rings. The number of hydrogen-bond acceptors (Lipinski definition) is 5. The Morgan fingerprint density at radius 2 is 2.18 bits per heavy atom. The molecule has 0 spiro atoms. The highest BCUT2D eigenvalue weighted by Gasteiger charge is 2.33. The van der Waals surface area contributed by atoms with Crippen molar-refractivity contribution in [2.24, 2.45) is 11.8 Å².